The minimum atomic E-state index is 0.484. The van der Waals surface area contributed by atoms with Gasteiger partial charge in [0, 0.05) is 15.4 Å². The fourth-order valence-corrected chi connectivity index (χ4v) is 3.06. The molecule has 0 unspecified atom stereocenters. The lowest BCUT2D eigenvalue weighted by atomic mass is 10.0. The van der Waals surface area contributed by atoms with E-state index in [4.69, 9.17) is 28.9 Å². The van der Waals surface area contributed by atoms with Crippen LogP contribution in [0.2, 0.25) is 10.0 Å². The standard InChI is InChI=1S/C16H12Cl2N4S/c17-13-5-12(6-14(18)7-13)11-3-1-10(2-4-11)8-20-22-16-21-15(19)9-23-16/h1-9H,19H2,(H,21,22). The maximum atomic E-state index is 6.03. The van der Waals surface area contributed by atoms with Crippen molar-refractivity contribution in [3.63, 3.8) is 0 Å². The van der Waals surface area contributed by atoms with Gasteiger partial charge in [0.05, 0.1) is 6.21 Å². The average molecular weight is 363 g/mol. The number of anilines is 2. The van der Waals surface area contributed by atoms with Crippen LogP contribution in [0.25, 0.3) is 11.1 Å². The van der Waals surface area contributed by atoms with Crippen LogP contribution in [0.4, 0.5) is 10.9 Å². The summed E-state index contributed by atoms with van der Waals surface area (Å²) in [4.78, 5) is 4.06. The number of hydrogen-bond donors (Lipinski definition) is 2. The van der Waals surface area contributed by atoms with Crippen molar-refractivity contribution >= 4 is 51.7 Å². The number of benzene rings is 2. The first-order chi connectivity index (χ1) is 11.1. The van der Waals surface area contributed by atoms with Gasteiger partial charge in [0.15, 0.2) is 0 Å². The number of nitrogens with zero attached hydrogens (tertiary/aromatic N) is 2. The van der Waals surface area contributed by atoms with E-state index < -0.39 is 0 Å². The van der Waals surface area contributed by atoms with Gasteiger partial charge in [0.25, 0.3) is 0 Å². The number of nitrogens with two attached hydrogens (primary N) is 1. The molecule has 2 aromatic carbocycles. The second-order valence-corrected chi connectivity index (χ2v) is 6.46. The van der Waals surface area contributed by atoms with Crippen molar-refractivity contribution in [3.8, 4) is 11.1 Å². The van der Waals surface area contributed by atoms with E-state index in [1.165, 1.54) is 11.3 Å². The highest BCUT2D eigenvalue weighted by Crippen LogP contribution is 2.27. The molecule has 4 nitrogen and oxygen atoms in total. The number of aromatic nitrogens is 1. The Labute approximate surface area is 147 Å². The summed E-state index contributed by atoms with van der Waals surface area (Å²) in [5.74, 6) is 0.484. The third-order valence-electron chi connectivity index (χ3n) is 3.00. The van der Waals surface area contributed by atoms with Crippen LogP contribution in [0.3, 0.4) is 0 Å². The van der Waals surface area contributed by atoms with Gasteiger partial charge in [-0.1, -0.05) is 47.5 Å². The van der Waals surface area contributed by atoms with Gasteiger partial charge in [-0.2, -0.15) is 5.10 Å². The molecule has 0 aliphatic heterocycles. The molecule has 1 aromatic heterocycles. The summed E-state index contributed by atoms with van der Waals surface area (Å²) >= 11 is 13.5. The fraction of sp³-hybridized carbons (Fsp3) is 0. The van der Waals surface area contributed by atoms with E-state index in [-0.39, 0.29) is 0 Å². The van der Waals surface area contributed by atoms with Crippen molar-refractivity contribution in [2.24, 2.45) is 5.10 Å². The Hall–Kier alpha value is -2.08. The van der Waals surface area contributed by atoms with E-state index in [0.29, 0.717) is 21.0 Å². The zero-order valence-electron chi connectivity index (χ0n) is 11.8. The number of hydrazone groups is 1. The minimum absolute atomic E-state index is 0.484. The molecule has 1 heterocycles. The Bertz CT molecular complexity index is 823. The molecule has 0 atom stereocenters. The van der Waals surface area contributed by atoms with Crippen LogP contribution in [0.1, 0.15) is 5.56 Å². The summed E-state index contributed by atoms with van der Waals surface area (Å²) in [5.41, 5.74) is 11.3. The molecule has 0 spiro atoms. The Morgan fingerprint density at radius 3 is 2.35 bits per heavy atom. The Kier molecular flexibility index (Phi) is 4.81. The Morgan fingerprint density at radius 1 is 1.04 bits per heavy atom. The van der Waals surface area contributed by atoms with Gasteiger partial charge in [-0.3, -0.25) is 5.43 Å². The highest BCUT2D eigenvalue weighted by atomic mass is 35.5. The summed E-state index contributed by atoms with van der Waals surface area (Å²) in [6.07, 6.45) is 1.71. The molecule has 0 radical (unpaired) electrons. The van der Waals surface area contributed by atoms with Crippen molar-refractivity contribution in [2.45, 2.75) is 0 Å². The van der Waals surface area contributed by atoms with E-state index in [1.807, 2.05) is 36.4 Å². The molecular weight excluding hydrogens is 351 g/mol. The van der Waals surface area contributed by atoms with E-state index >= 15 is 0 Å². The van der Waals surface area contributed by atoms with E-state index in [1.54, 1.807) is 17.7 Å². The van der Waals surface area contributed by atoms with Crippen LogP contribution in [0.15, 0.2) is 52.9 Å². The molecule has 0 aliphatic carbocycles. The van der Waals surface area contributed by atoms with Crippen LogP contribution in [0.5, 0.6) is 0 Å². The van der Waals surface area contributed by atoms with Crippen molar-refractivity contribution in [1.82, 2.24) is 4.98 Å². The molecule has 3 N–H and O–H groups in total. The number of nitrogens with one attached hydrogen (secondary N) is 1. The number of nitrogen functional groups attached to an aromatic ring is 1. The van der Waals surface area contributed by atoms with Crippen molar-refractivity contribution in [2.75, 3.05) is 11.2 Å². The van der Waals surface area contributed by atoms with Gasteiger partial charge >= 0.3 is 0 Å². The highest BCUT2D eigenvalue weighted by Gasteiger charge is 2.01. The number of halogens is 2. The average Bonchev–Trinajstić information content (AvgIpc) is 2.92. The topological polar surface area (TPSA) is 63.3 Å². The van der Waals surface area contributed by atoms with Crippen molar-refractivity contribution in [3.05, 3.63) is 63.5 Å². The lowest BCUT2D eigenvalue weighted by Gasteiger charge is -2.04. The molecule has 7 heteroatoms. The zero-order valence-corrected chi connectivity index (χ0v) is 14.2. The lowest BCUT2D eigenvalue weighted by molar-refractivity contribution is 1.29. The van der Waals surface area contributed by atoms with Gasteiger partial charge in [-0.15, -0.1) is 11.3 Å². The van der Waals surface area contributed by atoms with Crippen molar-refractivity contribution < 1.29 is 0 Å². The van der Waals surface area contributed by atoms with Gasteiger partial charge in [-0.25, -0.2) is 4.98 Å². The Balaban J connectivity index is 1.71. The molecule has 3 rings (SSSR count). The minimum Gasteiger partial charge on any atom is -0.383 e. The predicted octanol–water partition coefficient (Wildman–Crippen LogP) is 5.15. The normalized spacial score (nSPS) is 11.0. The summed E-state index contributed by atoms with van der Waals surface area (Å²) < 4.78 is 0. The zero-order chi connectivity index (χ0) is 16.2. The van der Waals surface area contributed by atoms with Crippen LogP contribution in [-0.4, -0.2) is 11.2 Å². The summed E-state index contributed by atoms with van der Waals surface area (Å²) in [7, 11) is 0. The van der Waals surface area contributed by atoms with E-state index in [2.05, 4.69) is 15.5 Å². The van der Waals surface area contributed by atoms with Gasteiger partial charge < -0.3 is 5.73 Å². The molecule has 0 amide bonds. The third-order valence-corrected chi connectivity index (χ3v) is 4.20. The third kappa shape index (κ3) is 4.22. The molecule has 0 saturated carbocycles. The number of hydrogen-bond acceptors (Lipinski definition) is 5. The van der Waals surface area contributed by atoms with Crippen LogP contribution in [0, 0.1) is 0 Å². The van der Waals surface area contributed by atoms with E-state index in [9.17, 15) is 0 Å². The SMILES string of the molecule is Nc1csc(NN=Cc2ccc(-c3cc(Cl)cc(Cl)c3)cc2)n1. The number of thiazole rings is 1. The molecule has 0 bridgehead atoms. The monoisotopic (exact) mass is 362 g/mol. The molecule has 0 fully saturated rings. The van der Waals surface area contributed by atoms with Gasteiger partial charge in [0.2, 0.25) is 5.13 Å². The van der Waals surface area contributed by atoms with E-state index in [0.717, 1.165) is 16.7 Å². The lowest BCUT2D eigenvalue weighted by Crippen LogP contribution is -1.91. The Morgan fingerprint density at radius 2 is 1.74 bits per heavy atom. The van der Waals surface area contributed by atoms with Gasteiger partial charge in [-0.05, 0) is 34.9 Å². The summed E-state index contributed by atoms with van der Waals surface area (Å²) in [6.45, 7) is 0. The second kappa shape index (κ2) is 7.00. The van der Waals surface area contributed by atoms with Crippen LogP contribution < -0.4 is 11.2 Å². The first kappa shape index (κ1) is 15.8. The number of rotatable bonds is 4. The maximum absolute atomic E-state index is 6.03. The van der Waals surface area contributed by atoms with Crippen LogP contribution >= 0.6 is 34.5 Å². The maximum Gasteiger partial charge on any atom is 0.205 e. The van der Waals surface area contributed by atoms with Gasteiger partial charge in [0.1, 0.15) is 5.82 Å². The quantitative estimate of drug-likeness (QED) is 0.498. The second-order valence-electron chi connectivity index (χ2n) is 4.73. The molecule has 23 heavy (non-hydrogen) atoms. The molecule has 116 valence electrons. The first-order valence-corrected chi connectivity index (χ1v) is 8.30. The highest BCUT2D eigenvalue weighted by molar-refractivity contribution is 7.14. The van der Waals surface area contributed by atoms with Crippen molar-refractivity contribution in [1.29, 1.82) is 0 Å². The fourth-order valence-electron chi connectivity index (χ4n) is 1.98. The molecule has 3 aromatic rings. The smallest absolute Gasteiger partial charge is 0.205 e. The summed E-state index contributed by atoms with van der Waals surface area (Å²) in [5, 5.41) is 7.77. The molecule has 0 aliphatic rings. The molecule has 0 saturated heterocycles. The largest absolute Gasteiger partial charge is 0.383 e. The predicted molar refractivity (Wildman–Crippen MR) is 99.6 cm³/mol. The summed E-state index contributed by atoms with van der Waals surface area (Å²) in [6, 6.07) is 13.4. The first-order valence-electron chi connectivity index (χ1n) is 6.67. The molecular formula is C16H12Cl2N4S. The van der Waals surface area contributed by atoms with Crippen LogP contribution in [-0.2, 0) is 0 Å².